The standard InChI is InChI=1S/C28H27N3O3/c1-19-11-14-24(25(17-19)34-18-20-7-3-2-4-8-20)30-27(32)16-15-26-29-23-10-6-5-9-22(23)28(33)31(26)21-12-13-21/h2-11,14,17,21H,12-13,15-16,18H2,1H3,(H,30,32). The molecule has 1 aromatic heterocycles. The molecule has 1 aliphatic carbocycles. The van der Waals surface area contributed by atoms with Gasteiger partial charge in [-0.3, -0.25) is 14.2 Å². The first-order valence-corrected chi connectivity index (χ1v) is 11.7. The number of amides is 1. The number of benzene rings is 3. The van der Waals surface area contributed by atoms with Crippen LogP contribution in [0.5, 0.6) is 5.75 Å². The fraction of sp³-hybridized carbons (Fsp3) is 0.250. The normalized spacial score (nSPS) is 13.1. The van der Waals surface area contributed by atoms with E-state index in [-0.39, 0.29) is 23.9 Å². The van der Waals surface area contributed by atoms with E-state index in [1.807, 2.05) is 79.7 Å². The van der Waals surface area contributed by atoms with Crippen molar-refractivity contribution >= 4 is 22.5 Å². The monoisotopic (exact) mass is 453 g/mol. The van der Waals surface area contributed by atoms with Crippen molar-refractivity contribution in [3.63, 3.8) is 0 Å². The number of aromatic nitrogens is 2. The van der Waals surface area contributed by atoms with E-state index in [4.69, 9.17) is 9.72 Å². The van der Waals surface area contributed by atoms with Crippen molar-refractivity contribution in [2.75, 3.05) is 5.32 Å². The number of rotatable bonds is 8. The molecule has 0 radical (unpaired) electrons. The second-order valence-corrected chi connectivity index (χ2v) is 8.77. The topological polar surface area (TPSA) is 73.2 Å². The summed E-state index contributed by atoms with van der Waals surface area (Å²) in [4.78, 5) is 30.6. The highest BCUT2D eigenvalue weighted by atomic mass is 16.5. The van der Waals surface area contributed by atoms with Gasteiger partial charge in [-0.05, 0) is 55.2 Å². The SMILES string of the molecule is Cc1ccc(NC(=O)CCc2nc3ccccc3c(=O)n2C2CC2)c(OCc2ccccc2)c1. The molecule has 1 fully saturated rings. The quantitative estimate of drug-likeness (QED) is 0.398. The number of carbonyl (C=O) groups is 1. The average Bonchev–Trinajstić information content (AvgIpc) is 3.69. The van der Waals surface area contributed by atoms with Crippen molar-refractivity contribution in [2.24, 2.45) is 0 Å². The lowest BCUT2D eigenvalue weighted by molar-refractivity contribution is -0.116. The summed E-state index contributed by atoms with van der Waals surface area (Å²) in [7, 11) is 0. The summed E-state index contributed by atoms with van der Waals surface area (Å²) in [5, 5.41) is 3.61. The lowest BCUT2D eigenvalue weighted by Crippen LogP contribution is -2.25. The molecule has 6 nitrogen and oxygen atoms in total. The molecule has 3 aromatic carbocycles. The van der Waals surface area contributed by atoms with Crippen molar-refractivity contribution in [3.8, 4) is 5.75 Å². The molecule has 1 N–H and O–H groups in total. The molecule has 34 heavy (non-hydrogen) atoms. The van der Waals surface area contributed by atoms with Gasteiger partial charge in [0.05, 0.1) is 16.6 Å². The number of hydrogen-bond donors (Lipinski definition) is 1. The lowest BCUT2D eigenvalue weighted by atomic mass is 10.2. The van der Waals surface area contributed by atoms with Crippen molar-refractivity contribution in [1.82, 2.24) is 9.55 Å². The van der Waals surface area contributed by atoms with Gasteiger partial charge in [0, 0.05) is 18.9 Å². The minimum absolute atomic E-state index is 0.0151. The summed E-state index contributed by atoms with van der Waals surface area (Å²) >= 11 is 0. The molecule has 0 aliphatic heterocycles. The molecule has 0 spiro atoms. The predicted molar refractivity (Wildman–Crippen MR) is 133 cm³/mol. The molecule has 172 valence electrons. The summed E-state index contributed by atoms with van der Waals surface area (Å²) in [6.07, 6.45) is 2.58. The summed E-state index contributed by atoms with van der Waals surface area (Å²) in [6, 6.07) is 23.2. The Morgan fingerprint density at radius 2 is 1.82 bits per heavy atom. The molecule has 1 aliphatic rings. The first kappa shape index (κ1) is 21.9. The van der Waals surface area contributed by atoms with Gasteiger partial charge in [0.25, 0.3) is 5.56 Å². The number of anilines is 1. The number of ether oxygens (including phenoxy) is 1. The van der Waals surface area contributed by atoms with Crippen molar-refractivity contribution in [3.05, 3.63) is 100 Å². The molecular weight excluding hydrogens is 426 g/mol. The van der Waals surface area contributed by atoms with E-state index in [2.05, 4.69) is 5.32 Å². The highest BCUT2D eigenvalue weighted by molar-refractivity contribution is 5.92. The van der Waals surface area contributed by atoms with Gasteiger partial charge in [0.15, 0.2) is 0 Å². The maximum Gasteiger partial charge on any atom is 0.261 e. The van der Waals surface area contributed by atoms with E-state index in [0.29, 0.717) is 41.2 Å². The highest BCUT2D eigenvalue weighted by Gasteiger charge is 2.28. The summed E-state index contributed by atoms with van der Waals surface area (Å²) < 4.78 is 7.81. The van der Waals surface area contributed by atoms with E-state index in [1.54, 1.807) is 4.57 Å². The van der Waals surface area contributed by atoms with Crippen molar-refractivity contribution in [1.29, 1.82) is 0 Å². The molecule has 6 heteroatoms. The van der Waals surface area contributed by atoms with Crippen LogP contribution in [0.3, 0.4) is 0 Å². The van der Waals surface area contributed by atoms with E-state index >= 15 is 0 Å². The molecule has 0 saturated heterocycles. The Morgan fingerprint density at radius 3 is 2.62 bits per heavy atom. The molecule has 1 saturated carbocycles. The molecule has 5 rings (SSSR count). The molecule has 4 aromatic rings. The molecule has 1 heterocycles. The second kappa shape index (κ2) is 9.51. The number of fused-ring (bicyclic) bond motifs is 1. The minimum atomic E-state index is -0.141. The highest BCUT2D eigenvalue weighted by Crippen LogP contribution is 2.35. The lowest BCUT2D eigenvalue weighted by Gasteiger charge is -2.15. The van der Waals surface area contributed by atoms with Crippen molar-refractivity contribution < 1.29 is 9.53 Å². The largest absolute Gasteiger partial charge is 0.487 e. The predicted octanol–water partition coefficient (Wildman–Crippen LogP) is 5.19. The second-order valence-electron chi connectivity index (χ2n) is 8.77. The van der Waals surface area contributed by atoms with E-state index in [9.17, 15) is 9.59 Å². The van der Waals surface area contributed by atoms with Gasteiger partial charge in [-0.25, -0.2) is 4.98 Å². The Kier molecular flexibility index (Phi) is 6.12. The minimum Gasteiger partial charge on any atom is -0.487 e. The van der Waals surface area contributed by atoms with Crippen LogP contribution in [0.4, 0.5) is 5.69 Å². The Morgan fingerprint density at radius 1 is 1.06 bits per heavy atom. The Labute approximate surface area is 198 Å². The zero-order valence-electron chi connectivity index (χ0n) is 19.2. The summed E-state index contributed by atoms with van der Waals surface area (Å²) in [5.74, 6) is 1.17. The molecule has 0 bridgehead atoms. The fourth-order valence-electron chi connectivity index (χ4n) is 4.10. The molecule has 1 amide bonds. The van der Waals surface area contributed by atoms with Crippen LogP contribution in [0.25, 0.3) is 10.9 Å². The number of nitrogens with one attached hydrogen (secondary N) is 1. The van der Waals surface area contributed by atoms with Gasteiger partial charge in [0.1, 0.15) is 18.2 Å². The van der Waals surface area contributed by atoms with E-state index < -0.39 is 0 Å². The number of nitrogens with zero attached hydrogens (tertiary/aromatic N) is 2. The zero-order chi connectivity index (χ0) is 23.5. The van der Waals surface area contributed by atoms with Crippen LogP contribution < -0.4 is 15.6 Å². The third-order valence-corrected chi connectivity index (χ3v) is 6.02. The Balaban J connectivity index is 1.30. The average molecular weight is 454 g/mol. The number of para-hydroxylation sites is 1. The maximum atomic E-state index is 13.0. The van der Waals surface area contributed by atoms with Crippen LogP contribution in [-0.4, -0.2) is 15.5 Å². The smallest absolute Gasteiger partial charge is 0.261 e. The number of aryl methyl sites for hydroxylation is 2. The van der Waals surface area contributed by atoms with Crippen molar-refractivity contribution in [2.45, 2.75) is 45.3 Å². The van der Waals surface area contributed by atoms with E-state index in [1.165, 1.54) is 0 Å². The van der Waals surface area contributed by atoms with Crippen LogP contribution in [0, 0.1) is 6.92 Å². The number of carbonyl (C=O) groups excluding carboxylic acids is 1. The van der Waals surface area contributed by atoms with E-state index in [0.717, 1.165) is 24.0 Å². The van der Waals surface area contributed by atoms with Gasteiger partial charge in [-0.15, -0.1) is 0 Å². The Hall–Kier alpha value is -3.93. The first-order valence-electron chi connectivity index (χ1n) is 11.7. The van der Waals surface area contributed by atoms with Gasteiger partial charge >= 0.3 is 0 Å². The van der Waals surface area contributed by atoms with Crippen LogP contribution in [0.1, 0.15) is 42.3 Å². The third-order valence-electron chi connectivity index (χ3n) is 6.02. The molecular formula is C28H27N3O3. The van der Waals surface area contributed by atoms with Gasteiger partial charge in [-0.1, -0.05) is 48.5 Å². The van der Waals surface area contributed by atoms with Crippen LogP contribution in [0.2, 0.25) is 0 Å². The number of hydrogen-bond acceptors (Lipinski definition) is 4. The van der Waals surface area contributed by atoms with Gasteiger partial charge in [0.2, 0.25) is 5.91 Å². The molecule has 0 unspecified atom stereocenters. The van der Waals surface area contributed by atoms with Gasteiger partial charge in [-0.2, -0.15) is 0 Å². The van der Waals surface area contributed by atoms with Crippen LogP contribution >= 0.6 is 0 Å². The molecule has 0 atom stereocenters. The van der Waals surface area contributed by atoms with Crippen LogP contribution in [0.15, 0.2) is 77.6 Å². The first-order chi connectivity index (χ1) is 16.6. The zero-order valence-corrected chi connectivity index (χ0v) is 19.2. The fourth-order valence-corrected chi connectivity index (χ4v) is 4.10. The van der Waals surface area contributed by atoms with Crippen LogP contribution in [-0.2, 0) is 17.8 Å². The summed E-state index contributed by atoms with van der Waals surface area (Å²) in [5.41, 5.74) is 3.41. The maximum absolute atomic E-state index is 13.0. The van der Waals surface area contributed by atoms with Gasteiger partial charge < -0.3 is 10.1 Å². The Bertz CT molecular complexity index is 1390. The third kappa shape index (κ3) is 4.86. The summed E-state index contributed by atoms with van der Waals surface area (Å²) in [6.45, 7) is 2.41.